The van der Waals surface area contributed by atoms with Gasteiger partial charge in [-0.25, -0.2) is 4.98 Å². The number of benzene rings is 1. The van der Waals surface area contributed by atoms with Crippen LogP contribution in [-0.4, -0.2) is 35.6 Å². The summed E-state index contributed by atoms with van der Waals surface area (Å²) in [5.74, 6) is 1.84. The normalized spacial score (nSPS) is 28.8. The van der Waals surface area contributed by atoms with E-state index in [0.717, 1.165) is 22.8 Å². The average Bonchev–Trinajstić information content (AvgIpc) is 2.50. The van der Waals surface area contributed by atoms with E-state index >= 15 is 0 Å². The van der Waals surface area contributed by atoms with Crippen LogP contribution in [-0.2, 0) is 0 Å². The highest BCUT2D eigenvalue weighted by Crippen LogP contribution is 2.32. The highest BCUT2D eigenvalue weighted by Gasteiger charge is 2.34. The Bertz CT molecular complexity index is 635. The molecule has 4 heteroatoms. The minimum atomic E-state index is 0.551. The van der Waals surface area contributed by atoms with Gasteiger partial charge in [-0.05, 0) is 44.0 Å². The number of halogens is 1. The second kappa shape index (κ2) is 5.01. The fraction of sp³-hybridized carbons (Fsp3) is 0.438. The lowest BCUT2D eigenvalue weighted by molar-refractivity contribution is 0.0974. The minimum absolute atomic E-state index is 0.551. The molecule has 0 amide bonds. The van der Waals surface area contributed by atoms with Crippen molar-refractivity contribution in [3.8, 4) is 0 Å². The van der Waals surface area contributed by atoms with Gasteiger partial charge in [0.2, 0.25) is 0 Å². The first kappa shape index (κ1) is 12.6. The molecule has 1 N–H and O–H groups in total. The zero-order valence-electron chi connectivity index (χ0n) is 11.3. The second-order valence-corrected chi connectivity index (χ2v) is 6.74. The molecule has 1 aromatic carbocycles. The summed E-state index contributed by atoms with van der Waals surface area (Å²) in [6.07, 6.45) is 4.55. The molecule has 20 heavy (non-hydrogen) atoms. The topological polar surface area (TPSA) is 28.2 Å². The summed E-state index contributed by atoms with van der Waals surface area (Å²) in [5, 5.41) is 6.14. The Kier molecular flexibility index (Phi) is 3.15. The van der Waals surface area contributed by atoms with Crippen LogP contribution in [0.5, 0.6) is 0 Å². The van der Waals surface area contributed by atoms with Crippen molar-refractivity contribution in [1.82, 2.24) is 9.88 Å². The molecule has 3 fully saturated rings. The number of nitrogens with zero attached hydrogens (tertiary/aromatic N) is 2. The number of fused-ring (bicyclic) bond motifs is 4. The summed E-state index contributed by atoms with van der Waals surface area (Å²) in [5.41, 5.74) is 0. The largest absolute Gasteiger partial charge is 0.365 e. The molecule has 0 radical (unpaired) electrons. The molecule has 3 nitrogen and oxygen atoms in total. The Hall–Kier alpha value is -1.13. The maximum atomic E-state index is 4.58. The van der Waals surface area contributed by atoms with E-state index in [1.807, 2.05) is 6.20 Å². The Labute approximate surface area is 127 Å². The van der Waals surface area contributed by atoms with Crippen molar-refractivity contribution in [2.24, 2.45) is 5.92 Å². The van der Waals surface area contributed by atoms with E-state index in [1.54, 1.807) is 0 Å². The van der Waals surface area contributed by atoms with E-state index < -0.39 is 0 Å². The van der Waals surface area contributed by atoms with Crippen molar-refractivity contribution in [3.63, 3.8) is 0 Å². The smallest absolute Gasteiger partial charge is 0.134 e. The van der Waals surface area contributed by atoms with Crippen LogP contribution >= 0.6 is 15.9 Å². The van der Waals surface area contributed by atoms with Crippen LogP contribution in [0, 0.1) is 5.92 Å². The van der Waals surface area contributed by atoms with E-state index in [2.05, 4.69) is 55.4 Å². The molecule has 3 aliphatic rings. The van der Waals surface area contributed by atoms with Crippen molar-refractivity contribution < 1.29 is 0 Å². The summed E-state index contributed by atoms with van der Waals surface area (Å²) in [6, 6.07) is 8.93. The third kappa shape index (κ3) is 2.11. The molecule has 5 rings (SSSR count). The van der Waals surface area contributed by atoms with Gasteiger partial charge in [0.1, 0.15) is 5.82 Å². The van der Waals surface area contributed by atoms with Gasteiger partial charge in [0.05, 0.1) is 0 Å². The summed E-state index contributed by atoms with van der Waals surface area (Å²) >= 11 is 3.63. The zero-order chi connectivity index (χ0) is 13.5. The molecule has 4 heterocycles. The number of hydrogen-bond donors (Lipinski definition) is 1. The number of nitrogens with one attached hydrogen (secondary N) is 1. The molecule has 104 valence electrons. The third-order valence-corrected chi connectivity index (χ3v) is 5.42. The lowest BCUT2D eigenvalue weighted by Gasteiger charge is -2.45. The molecule has 1 atom stereocenters. The molecular weight excluding hydrogens is 314 g/mol. The Morgan fingerprint density at radius 2 is 2.00 bits per heavy atom. The van der Waals surface area contributed by atoms with E-state index in [1.165, 1.54) is 36.7 Å². The lowest BCUT2D eigenvalue weighted by Crippen LogP contribution is -2.53. The summed E-state index contributed by atoms with van der Waals surface area (Å²) in [6.45, 7) is 3.71. The maximum Gasteiger partial charge on any atom is 0.134 e. The SMILES string of the molecule is Brc1cccc2c(NC3CN4CCC3CC4)nccc12. The van der Waals surface area contributed by atoms with E-state index in [0.29, 0.717) is 6.04 Å². The van der Waals surface area contributed by atoms with Crippen LogP contribution < -0.4 is 5.32 Å². The van der Waals surface area contributed by atoms with Crippen LogP contribution in [0.25, 0.3) is 10.8 Å². The molecule has 2 aromatic rings. The van der Waals surface area contributed by atoms with Crippen LogP contribution in [0.1, 0.15) is 12.8 Å². The Balaban J connectivity index is 1.67. The van der Waals surface area contributed by atoms with E-state index in [-0.39, 0.29) is 0 Å². The minimum Gasteiger partial charge on any atom is -0.365 e. The van der Waals surface area contributed by atoms with Gasteiger partial charge in [-0.1, -0.05) is 28.1 Å². The van der Waals surface area contributed by atoms with Gasteiger partial charge in [0, 0.05) is 34.0 Å². The molecule has 1 aromatic heterocycles. The van der Waals surface area contributed by atoms with Crippen molar-refractivity contribution in [3.05, 3.63) is 34.9 Å². The molecule has 0 spiro atoms. The number of piperidine rings is 3. The predicted molar refractivity (Wildman–Crippen MR) is 86.0 cm³/mol. The van der Waals surface area contributed by atoms with Crippen molar-refractivity contribution >= 4 is 32.5 Å². The van der Waals surface area contributed by atoms with Gasteiger partial charge in [0.25, 0.3) is 0 Å². The standard InChI is InChI=1S/C16H18BrN3/c17-14-3-1-2-13-12(14)4-7-18-16(13)19-15-10-20-8-5-11(15)6-9-20/h1-4,7,11,15H,5-6,8-10H2,(H,18,19). The molecule has 2 bridgehead atoms. The van der Waals surface area contributed by atoms with Gasteiger partial charge < -0.3 is 10.2 Å². The molecule has 0 aliphatic carbocycles. The van der Waals surface area contributed by atoms with Gasteiger partial charge in [0.15, 0.2) is 0 Å². The second-order valence-electron chi connectivity index (χ2n) is 5.88. The maximum absolute atomic E-state index is 4.58. The van der Waals surface area contributed by atoms with Crippen LogP contribution in [0.3, 0.4) is 0 Å². The molecule has 3 saturated heterocycles. The summed E-state index contributed by atoms with van der Waals surface area (Å²) in [4.78, 5) is 7.14. The molecule has 1 unspecified atom stereocenters. The quantitative estimate of drug-likeness (QED) is 0.912. The van der Waals surface area contributed by atoms with Crippen LogP contribution in [0.2, 0.25) is 0 Å². The van der Waals surface area contributed by atoms with E-state index in [4.69, 9.17) is 0 Å². The Morgan fingerprint density at radius 3 is 2.75 bits per heavy atom. The lowest BCUT2D eigenvalue weighted by atomic mass is 9.84. The number of hydrogen-bond acceptors (Lipinski definition) is 3. The molecular formula is C16H18BrN3. The third-order valence-electron chi connectivity index (χ3n) is 4.73. The van der Waals surface area contributed by atoms with Gasteiger partial charge in [-0.2, -0.15) is 0 Å². The highest BCUT2D eigenvalue weighted by atomic mass is 79.9. The van der Waals surface area contributed by atoms with Crippen LogP contribution in [0.15, 0.2) is 34.9 Å². The predicted octanol–water partition coefficient (Wildman–Crippen LogP) is 3.50. The highest BCUT2D eigenvalue weighted by molar-refractivity contribution is 9.10. The zero-order valence-corrected chi connectivity index (χ0v) is 12.9. The number of rotatable bonds is 2. The van der Waals surface area contributed by atoms with Gasteiger partial charge in [-0.15, -0.1) is 0 Å². The number of aromatic nitrogens is 1. The Morgan fingerprint density at radius 1 is 1.15 bits per heavy atom. The average molecular weight is 332 g/mol. The first-order valence-corrected chi connectivity index (χ1v) is 8.13. The summed E-state index contributed by atoms with van der Waals surface area (Å²) < 4.78 is 1.13. The monoisotopic (exact) mass is 331 g/mol. The molecule has 3 aliphatic heterocycles. The summed E-state index contributed by atoms with van der Waals surface area (Å²) in [7, 11) is 0. The van der Waals surface area contributed by atoms with Crippen molar-refractivity contribution in [1.29, 1.82) is 0 Å². The number of anilines is 1. The number of pyridine rings is 1. The first-order chi connectivity index (χ1) is 9.81. The fourth-order valence-electron chi connectivity index (χ4n) is 3.59. The molecule has 0 saturated carbocycles. The first-order valence-electron chi connectivity index (χ1n) is 7.33. The van der Waals surface area contributed by atoms with Crippen molar-refractivity contribution in [2.75, 3.05) is 25.0 Å². The van der Waals surface area contributed by atoms with E-state index in [9.17, 15) is 0 Å². The van der Waals surface area contributed by atoms with Crippen molar-refractivity contribution in [2.45, 2.75) is 18.9 Å². The fourth-order valence-corrected chi connectivity index (χ4v) is 4.09. The van der Waals surface area contributed by atoms with Gasteiger partial charge >= 0.3 is 0 Å². The van der Waals surface area contributed by atoms with Crippen LogP contribution in [0.4, 0.5) is 5.82 Å². The van der Waals surface area contributed by atoms with Gasteiger partial charge in [-0.3, -0.25) is 0 Å².